The molecule has 0 aliphatic carbocycles. The Balaban J connectivity index is 3.07. The summed E-state index contributed by atoms with van der Waals surface area (Å²) in [6.45, 7) is 0. The third-order valence-corrected chi connectivity index (χ3v) is 0.916. The van der Waals surface area contributed by atoms with Crippen molar-refractivity contribution in [3.63, 3.8) is 0 Å². The molecule has 2 N–H and O–H groups in total. The number of aromatic nitrogens is 4. The molecule has 1 heterocycles. The van der Waals surface area contributed by atoms with Crippen molar-refractivity contribution in [3.8, 4) is 0 Å². The van der Waals surface area contributed by atoms with E-state index in [9.17, 15) is 0 Å². The molecule has 0 aliphatic heterocycles. The fourth-order valence-corrected chi connectivity index (χ4v) is 0.505. The number of hydrogen-bond donors (Lipinski definition) is 1. The minimum atomic E-state index is -0.408. The Morgan fingerprint density at radius 1 is 1.43 bits per heavy atom. The second kappa shape index (κ2) is 4.25. The fourth-order valence-electron chi connectivity index (χ4n) is 0.505. The Kier molecular flexibility index (Phi) is 2.81. The molecule has 0 atom stereocenters. The summed E-state index contributed by atoms with van der Waals surface area (Å²) >= 11 is 0. The van der Waals surface area contributed by atoms with Crippen molar-refractivity contribution in [1.29, 1.82) is 0 Å². The molecule has 0 bridgehead atoms. The topological polar surface area (TPSA) is 180 Å². The molecule has 0 saturated heterocycles. The van der Waals surface area contributed by atoms with Gasteiger partial charge in [-0.1, -0.05) is 0 Å². The fraction of sp³-hybridized carbons (Fsp3) is 0. The largest absolute Gasteiger partial charge is 0.380 e. The molecule has 12 heteroatoms. The van der Waals surface area contributed by atoms with E-state index in [4.69, 9.17) is 16.8 Å². The first-order valence-corrected chi connectivity index (χ1v) is 3.01. The molecule has 0 aromatic carbocycles. The third kappa shape index (κ3) is 2.07. The minimum Gasteiger partial charge on any atom is -0.380 e. The smallest absolute Gasteiger partial charge is 0.263 e. The SMILES string of the molecule is [N-]=[N+]=N/C(N)=N/n1nnnc1N=[N+]=[N-]. The summed E-state index contributed by atoms with van der Waals surface area (Å²) in [5.74, 6) is -0.627. The first kappa shape index (κ1) is 9.25. The van der Waals surface area contributed by atoms with Crippen molar-refractivity contribution in [3.05, 3.63) is 20.9 Å². The van der Waals surface area contributed by atoms with Crippen molar-refractivity contribution in [1.82, 2.24) is 20.3 Å². The lowest BCUT2D eigenvalue weighted by Gasteiger charge is -1.90. The number of hydrogen-bond acceptors (Lipinski definition) is 5. The van der Waals surface area contributed by atoms with Crippen LogP contribution in [0.4, 0.5) is 5.95 Å². The highest BCUT2D eigenvalue weighted by atomic mass is 15.7. The van der Waals surface area contributed by atoms with E-state index in [-0.39, 0.29) is 5.95 Å². The number of azide groups is 2. The van der Waals surface area contributed by atoms with Crippen molar-refractivity contribution in [2.75, 3.05) is 0 Å². The van der Waals surface area contributed by atoms with Crippen LogP contribution < -0.4 is 5.73 Å². The lowest BCUT2D eigenvalue weighted by Crippen LogP contribution is -2.10. The molecule has 70 valence electrons. The molecule has 1 rings (SSSR count). The maximum Gasteiger partial charge on any atom is 0.263 e. The highest BCUT2D eigenvalue weighted by Crippen LogP contribution is 2.03. The van der Waals surface area contributed by atoms with Crippen LogP contribution in [-0.2, 0) is 0 Å². The van der Waals surface area contributed by atoms with E-state index >= 15 is 0 Å². The monoisotopic (exact) mass is 194 g/mol. The average Bonchev–Trinajstić information content (AvgIpc) is 2.54. The van der Waals surface area contributed by atoms with Gasteiger partial charge in [-0.2, -0.15) is 0 Å². The van der Waals surface area contributed by atoms with Gasteiger partial charge < -0.3 is 5.73 Å². The van der Waals surface area contributed by atoms with Gasteiger partial charge in [0, 0.05) is 9.82 Å². The van der Waals surface area contributed by atoms with Crippen LogP contribution in [0.15, 0.2) is 15.3 Å². The molecular weight excluding hydrogens is 192 g/mol. The molecule has 0 aliphatic rings. The first-order chi connectivity index (χ1) is 6.77. The third-order valence-electron chi connectivity index (χ3n) is 0.916. The number of rotatable bonds is 2. The minimum absolute atomic E-state index is 0.219. The highest BCUT2D eigenvalue weighted by molar-refractivity contribution is 5.78. The van der Waals surface area contributed by atoms with Gasteiger partial charge in [0.15, 0.2) is 0 Å². The Labute approximate surface area is 75.3 Å². The summed E-state index contributed by atoms with van der Waals surface area (Å²) in [6, 6.07) is 0. The van der Waals surface area contributed by atoms with Crippen molar-refractivity contribution < 1.29 is 0 Å². The highest BCUT2D eigenvalue weighted by Gasteiger charge is 2.01. The average molecular weight is 194 g/mol. The summed E-state index contributed by atoms with van der Waals surface area (Å²) in [5, 5.41) is 19.2. The Morgan fingerprint density at radius 2 is 2.21 bits per heavy atom. The Morgan fingerprint density at radius 3 is 2.86 bits per heavy atom. The molecule has 0 spiro atoms. The van der Waals surface area contributed by atoms with Gasteiger partial charge in [-0.25, -0.2) is 0 Å². The lowest BCUT2D eigenvalue weighted by molar-refractivity contribution is 0.689. The standard InChI is InChI=1S/C2H2N12/c3-1(6-10-4)9-14-2(7-11-5)8-12-13-14/h(H2,3,9). The van der Waals surface area contributed by atoms with E-state index in [1.165, 1.54) is 0 Å². The normalized spacial score (nSPS) is 10.1. The van der Waals surface area contributed by atoms with Gasteiger partial charge in [0.1, 0.15) is 0 Å². The molecule has 0 saturated carbocycles. The second-order valence-electron chi connectivity index (χ2n) is 1.71. The Bertz CT molecular complexity index is 437. The van der Waals surface area contributed by atoms with Crippen LogP contribution in [0.5, 0.6) is 0 Å². The molecule has 1 aromatic heterocycles. The first-order valence-electron chi connectivity index (χ1n) is 3.01. The van der Waals surface area contributed by atoms with E-state index in [2.05, 4.69) is 40.7 Å². The number of guanidine groups is 1. The Hall–Kier alpha value is -2.84. The van der Waals surface area contributed by atoms with Gasteiger partial charge in [0.05, 0.1) is 0 Å². The van der Waals surface area contributed by atoms with Crippen LogP contribution in [0.2, 0.25) is 0 Å². The molecule has 1 aromatic rings. The number of nitrogens with two attached hydrogens (primary N) is 1. The van der Waals surface area contributed by atoms with Gasteiger partial charge in [0.25, 0.3) is 5.95 Å². The maximum atomic E-state index is 8.09. The van der Waals surface area contributed by atoms with E-state index in [0.29, 0.717) is 0 Å². The van der Waals surface area contributed by atoms with Gasteiger partial charge in [-0.3, -0.25) is 0 Å². The number of nitrogens with zero attached hydrogens (tertiary/aromatic N) is 11. The molecule has 0 radical (unpaired) electrons. The second-order valence-corrected chi connectivity index (χ2v) is 1.71. The van der Waals surface area contributed by atoms with Crippen LogP contribution in [0.3, 0.4) is 0 Å². The predicted octanol–water partition coefficient (Wildman–Crippen LogP) is 0.00300. The van der Waals surface area contributed by atoms with E-state index < -0.39 is 5.96 Å². The zero-order valence-corrected chi connectivity index (χ0v) is 6.50. The van der Waals surface area contributed by atoms with Crippen LogP contribution in [0.25, 0.3) is 20.9 Å². The summed E-state index contributed by atoms with van der Waals surface area (Å²) < 4.78 is 0. The van der Waals surface area contributed by atoms with Gasteiger partial charge >= 0.3 is 0 Å². The number of tetrazole rings is 1. The maximum absolute atomic E-state index is 8.09. The van der Waals surface area contributed by atoms with Crippen LogP contribution in [-0.4, -0.2) is 26.3 Å². The zero-order valence-electron chi connectivity index (χ0n) is 6.50. The van der Waals surface area contributed by atoms with Crippen molar-refractivity contribution >= 4 is 11.9 Å². The zero-order chi connectivity index (χ0) is 10.4. The van der Waals surface area contributed by atoms with E-state index in [0.717, 1.165) is 4.79 Å². The van der Waals surface area contributed by atoms with Crippen LogP contribution in [0, 0.1) is 0 Å². The lowest BCUT2D eigenvalue weighted by atomic mass is 11.0. The van der Waals surface area contributed by atoms with Gasteiger partial charge in [-0.15, -0.1) is 15.0 Å². The predicted molar refractivity (Wildman–Crippen MR) is 42.8 cm³/mol. The van der Waals surface area contributed by atoms with E-state index in [1.807, 2.05) is 0 Å². The molecular formula is C2H2N12. The summed E-state index contributed by atoms with van der Waals surface area (Å²) in [7, 11) is 0. The molecule has 12 nitrogen and oxygen atoms in total. The summed E-state index contributed by atoms with van der Waals surface area (Å²) in [6.07, 6.45) is 0. The summed E-state index contributed by atoms with van der Waals surface area (Å²) in [4.78, 5) is 5.54. The van der Waals surface area contributed by atoms with E-state index in [1.54, 1.807) is 0 Å². The van der Waals surface area contributed by atoms with Crippen molar-refractivity contribution in [2.24, 2.45) is 21.1 Å². The molecule has 0 fully saturated rings. The molecule has 0 amide bonds. The van der Waals surface area contributed by atoms with Crippen LogP contribution >= 0.6 is 0 Å². The van der Waals surface area contributed by atoms with Crippen LogP contribution in [0.1, 0.15) is 0 Å². The quantitative estimate of drug-likeness (QED) is 0.229. The summed E-state index contributed by atoms with van der Waals surface area (Å²) in [5.41, 5.74) is 21.2. The van der Waals surface area contributed by atoms with Gasteiger partial charge in [-0.05, 0) is 31.7 Å². The van der Waals surface area contributed by atoms with Crippen molar-refractivity contribution in [2.45, 2.75) is 0 Å². The molecule has 14 heavy (non-hydrogen) atoms. The van der Waals surface area contributed by atoms with Gasteiger partial charge in [0.2, 0.25) is 5.96 Å². The molecule has 0 unspecified atom stereocenters.